The highest BCUT2D eigenvalue weighted by atomic mass is 79.9. The highest BCUT2D eigenvalue weighted by molar-refractivity contribution is 9.10. The molecule has 0 aliphatic rings. The molecule has 0 aliphatic carbocycles. The maximum absolute atomic E-state index is 12.7. The zero-order valence-electron chi connectivity index (χ0n) is 14.0. The summed E-state index contributed by atoms with van der Waals surface area (Å²) in [7, 11) is 0.875. The highest BCUT2D eigenvalue weighted by Crippen LogP contribution is 2.26. The van der Waals surface area contributed by atoms with Crippen molar-refractivity contribution >= 4 is 43.5 Å². The number of carbonyl (C=O) groups is 1. The van der Waals surface area contributed by atoms with Gasteiger partial charge >= 0.3 is 0 Å². The predicted molar refractivity (Wildman–Crippen MR) is 102 cm³/mol. The van der Waals surface area contributed by atoms with Gasteiger partial charge < -0.3 is 4.90 Å². The summed E-state index contributed by atoms with van der Waals surface area (Å²) in [5.74, 6) is -0.289. The lowest BCUT2D eigenvalue weighted by Crippen LogP contribution is -2.27. The van der Waals surface area contributed by atoms with Crippen molar-refractivity contribution in [2.75, 3.05) is 21.1 Å². The number of rotatable bonds is 5. The largest absolute Gasteiger partial charge is 0.337 e. The predicted octanol–water partition coefficient (Wildman–Crippen LogP) is 3.63. The van der Waals surface area contributed by atoms with Crippen molar-refractivity contribution in [3.63, 3.8) is 0 Å². The molecule has 134 valence electrons. The van der Waals surface area contributed by atoms with Gasteiger partial charge in [0.2, 0.25) is 10.0 Å². The molecule has 0 aliphatic heterocycles. The van der Waals surface area contributed by atoms with Gasteiger partial charge in [-0.05, 0) is 45.8 Å². The van der Waals surface area contributed by atoms with E-state index in [-0.39, 0.29) is 16.4 Å². The summed E-state index contributed by atoms with van der Waals surface area (Å²) in [6, 6.07) is 11.8. The van der Waals surface area contributed by atoms with Crippen LogP contribution in [-0.4, -0.2) is 44.7 Å². The fourth-order valence-electron chi connectivity index (χ4n) is 2.21. The smallest absolute Gasteiger partial charge is 0.253 e. The molecule has 8 heteroatoms. The molecule has 0 atom stereocenters. The number of carbonyl (C=O) groups excluding carboxylic acids is 1. The van der Waals surface area contributed by atoms with Crippen LogP contribution in [0.2, 0.25) is 5.02 Å². The van der Waals surface area contributed by atoms with Crippen molar-refractivity contribution < 1.29 is 13.2 Å². The Morgan fingerprint density at radius 2 is 1.76 bits per heavy atom. The van der Waals surface area contributed by atoms with E-state index in [1.165, 1.54) is 25.1 Å². The molecule has 0 saturated heterocycles. The summed E-state index contributed by atoms with van der Waals surface area (Å²) >= 11 is 9.37. The van der Waals surface area contributed by atoms with Crippen molar-refractivity contribution in [2.45, 2.75) is 11.4 Å². The Labute approximate surface area is 161 Å². The summed E-state index contributed by atoms with van der Waals surface area (Å²) in [6.07, 6.45) is 0. The lowest BCUT2D eigenvalue weighted by molar-refractivity contribution is 0.0785. The van der Waals surface area contributed by atoms with Crippen LogP contribution >= 0.6 is 27.5 Å². The summed E-state index contributed by atoms with van der Waals surface area (Å²) in [5.41, 5.74) is 1.11. The van der Waals surface area contributed by atoms with Gasteiger partial charge in [0.15, 0.2) is 0 Å². The van der Waals surface area contributed by atoms with Gasteiger partial charge in [-0.1, -0.05) is 29.8 Å². The number of sulfonamides is 1. The second-order valence-corrected chi connectivity index (χ2v) is 9.07. The first-order valence-corrected chi connectivity index (χ1v) is 9.96. The van der Waals surface area contributed by atoms with Crippen molar-refractivity contribution in [1.29, 1.82) is 0 Å². The number of hydrogen-bond acceptors (Lipinski definition) is 3. The van der Waals surface area contributed by atoms with Crippen LogP contribution in [0.25, 0.3) is 0 Å². The number of nitrogens with zero attached hydrogens (tertiary/aromatic N) is 2. The van der Waals surface area contributed by atoms with Gasteiger partial charge in [-0.15, -0.1) is 0 Å². The first kappa shape index (κ1) is 19.9. The molecule has 25 heavy (non-hydrogen) atoms. The highest BCUT2D eigenvalue weighted by Gasteiger charge is 2.23. The number of benzene rings is 2. The lowest BCUT2D eigenvalue weighted by atomic mass is 10.1. The zero-order valence-corrected chi connectivity index (χ0v) is 17.2. The molecule has 2 aromatic carbocycles. The first-order chi connectivity index (χ1) is 11.6. The second-order valence-electron chi connectivity index (χ2n) is 5.69. The minimum atomic E-state index is -3.66. The molecule has 0 bridgehead atoms. The standard InChI is InChI=1S/C17H18BrClN2O3S/c1-20(2)25(23,24)16-10-12(8-9-14(16)18)17(22)21(3)11-13-6-4-5-7-15(13)19/h4-10H,11H2,1-3H3. The van der Waals surface area contributed by atoms with Gasteiger partial charge in [-0.25, -0.2) is 12.7 Å². The molecule has 0 saturated carbocycles. The monoisotopic (exact) mass is 444 g/mol. The third-order valence-electron chi connectivity index (χ3n) is 3.65. The van der Waals surface area contributed by atoms with Gasteiger partial charge in [-0.2, -0.15) is 0 Å². The molecule has 0 N–H and O–H groups in total. The van der Waals surface area contributed by atoms with E-state index in [0.717, 1.165) is 9.87 Å². The van der Waals surface area contributed by atoms with Crippen LogP contribution < -0.4 is 0 Å². The van der Waals surface area contributed by atoms with Crippen LogP contribution in [-0.2, 0) is 16.6 Å². The van der Waals surface area contributed by atoms with Crippen LogP contribution in [0, 0.1) is 0 Å². The van der Waals surface area contributed by atoms with Gasteiger partial charge in [0.05, 0.1) is 4.90 Å². The minimum Gasteiger partial charge on any atom is -0.337 e. The van der Waals surface area contributed by atoms with Crippen LogP contribution in [0.15, 0.2) is 51.8 Å². The molecule has 0 radical (unpaired) electrons. The zero-order chi connectivity index (χ0) is 18.8. The summed E-state index contributed by atoms with van der Waals surface area (Å²) in [6.45, 7) is 0.324. The van der Waals surface area contributed by atoms with Crippen molar-refractivity contribution in [3.8, 4) is 0 Å². The van der Waals surface area contributed by atoms with Crippen molar-refractivity contribution in [2.24, 2.45) is 0 Å². The van der Waals surface area contributed by atoms with Crippen LogP contribution in [0.1, 0.15) is 15.9 Å². The molecule has 2 rings (SSSR count). The van der Waals surface area contributed by atoms with E-state index in [9.17, 15) is 13.2 Å². The molecular weight excluding hydrogens is 428 g/mol. The number of halogens is 2. The van der Waals surface area contributed by atoms with E-state index < -0.39 is 10.0 Å². The summed E-state index contributed by atoms with van der Waals surface area (Å²) in [4.78, 5) is 14.2. The average molecular weight is 446 g/mol. The average Bonchev–Trinajstić information content (AvgIpc) is 2.56. The van der Waals surface area contributed by atoms with Gasteiger partial charge in [0, 0.05) is 42.7 Å². The van der Waals surface area contributed by atoms with E-state index in [1.807, 2.05) is 18.2 Å². The molecule has 0 spiro atoms. The van der Waals surface area contributed by atoms with E-state index in [0.29, 0.717) is 16.0 Å². The Hall–Kier alpha value is -1.41. The lowest BCUT2D eigenvalue weighted by Gasteiger charge is -2.19. The topological polar surface area (TPSA) is 57.7 Å². The Morgan fingerprint density at radius 1 is 1.12 bits per heavy atom. The van der Waals surface area contributed by atoms with E-state index in [1.54, 1.807) is 25.2 Å². The molecule has 0 fully saturated rings. The molecule has 0 unspecified atom stereocenters. The van der Waals surface area contributed by atoms with Crippen LogP contribution in [0.5, 0.6) is 0 Å². The Morgan fingerprint density at radius 3 is 2.36 bits per heavy atom. The van der Waals surface area contributed by atoms with E-state index >= 15 is 0 Å². The molecule has 2 aromatic rings. The Balaban J connectivity index is 2.32. The van der Waals surface area contributed by atoms with Crippen molar-refractivity contribution in [1.82, 2.24) is 9.21 Å². The van der Waals surface area contributed by atoms with E-state index in [4.69, 9.17) is 11.6 Å². The third kappa shape index (κ3) is 4.41. The quantitative estimate of drug-likeness (QED) is 0.706. The molecule has 1 amide bonds. The first-order valence-electron chi connectivity index (χ1n) is 7.35. The van der Waals surface area contributed by atoms with Crippen LogP contribution in [0.4, 0.5) is 0 Å². The summed E-state index contributed by atoms with van der Waals surface area (Å²) in [5, 5.41) is 0.578. The van der Waals surface area contributed by atoms with Gasteiger partial charge in [0.25, 0.3) is 5.91 Å². The third-order valence-corrected chi connectivity index (χ3v) is 6.83. The fourth-order valence-corrected chi connectivity index (χ4v) is 4.24. The Kier molecular flexibility index (Phi) is 6.26. The fraction of sp³-hybridized carbons (Fsp3) is 0.235. The molecule has 5 nitrogen and oxygen atoms in total. The van der Waals surface area contributed by atoms with Crippen molar-refractivity contribution in [3.05, 3.63) is 63.1 Å². The number of hydrogen-bond donors (Lipinski definition) is 0. The van der Waals surface area contributed by atoms with Gasteiger partial charge in [-0.3, -0.25) is 4.79 Å². The summed E-state index contributed by atoms with van der Waals surface area (Å²) < 4.78 is 26.3. The normalized spacial score (nSPS) is 11.6. The Bertz CT molecular complexity index is 901. The molecule has 0 heterocycles. The minimum absolute atomic E-state index is 0.0505. The van der Waals surface area contributed by atoms with Gasteiger partial charge in [0.1, 0.15) is 0 Å². The molecular formula is C17H18BrClN2O3S. The second kappa shape index (κ2) is 7.86. The maximum Gasteiger partial charge on any atom is 0.253 e. The SMILES string of the molecule is CN(Cc1ccccc1Cl)C(=O)c1ccc(Br)c(S(=O)(=O)N(C)C)c1. The van der Waals surface area contributed by atoms with Crippen LogP contribution in [0.3, 0.4) is 0 Å². The van der Waals surface area contributed by atoms with E-state index in [2.05, 4.69) is 15.9 Å². The maximum atomic E-state index is 12.7. The number of amides is 1. The molecule has 0 aromatic heterocycles.